The van der Waals surface area contributed by atoms with Gasteiger partial charge in [-0.15, -0.1) is 0 Å². The number of aliphatic hydroxyl groups excluding tert-OH is 1. The summed E-state index contributed by atoms with van der Waals surface area (Å²) in [7, 11) is 0. The van der Waals surface area contributed by atoms with E-state index in [9.17, 15) is 9.90 Å². The molecule has 0 saturated heterocycles. The molecule has 3 rings (SSSR count). The predicted molar refractivity (Wildman–Crippen MR) is 83.2 cm³/mol. The van der Waals surface area contributed by atoms with E-state index in [4.69, 9.17) is 0 Å². The minimum atomic E-state index is -0.259. The van der Waals surface area contributed by atoms with Gasteiger partial charge in [0, 0.05) is 34.4 Å². The molecular formula is C16H16FeN3O2-. The number of aliphatic hydroxyl groups is 1. The summed E-state index contributed by atoms with van der Waals surface area (Å²) in [5, 5.41) is 12.3. The Morgan fingerprint density at radius 1 is 1.27 bits per heavy atom. The summed E-state index contributed by atoms with van der Waals surface area (Å²) in [5.74, 6) is 0.183. The zero-order valence-electron chi connectivity index (χ0n) is 11.9. The Balaban J connectivity index is 0.000000344. The normalized spacial score (nSPS) is 11.4. The summed E-state index contributed by atoms with van der Waals surface area (Å²) >= 11 is 0. The molecule has 3 N–H and O–H groups in total. The number of allylic oxidation sites excluding steroid dienone is 5. The van der Waals surface area contributed by atoms with E-state index in [1.807, 2.05) is 30.3 Å². The smallest absolute Gasteiger partial charge is 0.252 e. The van der Waals surface area contributed by atoms with Crippen molar-refractivity contribution in [2.45, 2.75) is 6.92 Å². The Kier molecular flexibility index (Phi) is 7.02. The fourth-order valence-electron chi connectivity index (χ4n) is 1.68. The van der Waals surface area contributed by atoms with Crippen LogP contribution >= 0.6 is 0 Å². The molecule has 0 fully saturated rings. The van der Waals surface area contributed by atoms with Crippen molar-refractivity contribution in [3.8, 4) is 0 Å². The summed E-state index contributed by atoms with van der Waals surface area (Å²) in [6.07, 6.45) is 7.10. The second-order valence-corrected chi connectivity index (χ2v) is 4.34. The van der Waals surface area contributed by atoms with E-state index < -0.39 is 0 Å². The molecule has 6 heteroatoms. The largest absolute Gasteiger partial charge is 0.494 e. The number of nitrogens with one attached hydrogen (secondary N) is 2. The van der Waals surface area contributed by atoms with Gasteiger partial charge in [-0.1, -0.05) is 12.2 Å². The number of nitrogens with zero attached hydrogens (tertiary/aromatic N) is 1. The van der Waals surface area contributed by atoms with Gasteiger partial charge in [0.1, 0.15) is 0 Å². The van der Waals surface area contributed by atoms with Gasteiger partial charge in [0.2, 0.25) is 5.95 Å². The summed E-state index contributed by atoms with van der Waals surface area (Å²) in [4.78, 5) is 17.7. The molecule has 1 aliphatic carbocycles. The average Bonchev–Trinajstić information content (AvgIpc) is 3.14. The van der Waals surface area contributed by atoms with Gasteiger partial charge in [-0.2, -0.15) is 18.2 Å². The molecule has 0 saturated carbocycles. The number of rotatable bonds is 2. The van der Waals surface area contributed by atoms with Gasteiger partial charge in [-0.25, -0.2) is 17.1 Å². The van der Waals surface area contributed by atoms with Crippen LogP contribution in [0.4, 0.5) is 5.95 Å². The zero-order valence-corrected chi connectivity index (χ0v) is 13.0. The molecule has 22 heavy (non-hydrogen) atoms. The van der Waals surface area contributed by atoms with Crippen molar-refractivity contribution >= 4 is 5.95 Å². The number of aromatic amines is 1. The first-order valence-electron chi connectivity index (χ1n) is 6.45. The van der Waals surface area contributed by atoms with Crippen LogP contribution in [0.5, 0.6) is 0 Å². The maximum atomic E-state index is 11.2. The number of hydrogen-bond acceptors (Lipinski definition) is 4. The van der Waals surface area contributed by atoms with Crippen molar-refractivity contribution in [3.05, 3.63) is 88.2 Å². The second-order valence-electron chi connectivity index (χ2n) is 4.34. The Hall–Kier alpha value is -2.43. The fourth-order valence-corrected chi connectivity index (χ4v) is 1.68. The molecule has 0 amide bonds. The maximum Gasteiger partial charge on any atom is 0.252 e. The molecule has 1 heterocycles. The van der Waals surface area contributed by atoms with Gasteiger partial charge in [0.25, 0.3) is 5.56 Å². The Labute approximate surface area is 139 Å². The molecule has 0 bridgehead atoms. The van der Waals surface area contributed by atoms with E-state index in [1.165, 1.54) is 6.07 Å². The summed E-state index contributed by atoms with van der Waals surface area (Å²) in [6.45, 7) is 1.71. The fraction of sp³-hybridized carbons (Fsp3) is 0.0625. The van der Waals surface area contributed by atoms with Crippen molar-refractivity contribution in [1.29, 1.82) is 0 Å². The van der Waals surface area contributed by atoms with Crippen LogP contribution in [0.2, 0.25) is 0 Å². The van der Waals surface area contributed by atoms with Crippen molar-refractivity contribution in [3.63, 3.8) is 0 Å². The molecule has 0 atom stereocenters. The molecular weight excluding hydrogens is 322 g/mol. The van der Waals surface area contributed by atoms with Crippen molar-refractivity contribution in [2.75, 3.05) is 5.32 Å². The Morgan fingerprint density at radius 2 is 1.91 bits per heavy atom. The summed E-state index contributed by atoms with van der Waals surface area (Å²) < 4.78 is 0. The van der Waals surface area contributed by atoms with Crippen LogP contribution in [0.1, 0.15) is 5.69 Å². The van der Waals surface area contributed by atoms with Crippen LogP contribution in [-0.2, 0) is 17.1 Å². The van der Waals surface area contributed by atoms with Gasteiger partial charge in [0.05, 0.1) is 0 Å². The van der Waals surface area contributed by atoms with E-state index in [0.29, 0.717) is 11.3 Å². The van der Waals surface area contributed by atoms with Crippen LogP contribution < -0.4 is 10.9 Å². The van der Waals surface area contributed by atoms with Gasteiger partial charge in [0.15, 0.2) is 5.88 Å². The van der Waals surface area contributed by atoms with E-state index >= 15 is 0 Å². The van der Waals surface area contributed by atoms with Crippen molar-refractivity contribution in [2.24, 2.45) is 0 Å². The number of H-pyrrole nitrogens is 1. The third-order valence-electron chi connectivity index (χ3n) is 2.60. The second kappa shape index (κ2) is 8.77. The first kappa shape index (κ1) is 17.6. The number of aromatic nitrogens is 2. The standard InChI is InChI=1S/C11H11N3O2.C5H5.Fe/c1-7-6-9(15)13-11(12-7)14-10(16)8-4-2-3-5-8;1-2-4-5-3-1;/h2-6,16H,1H3,(H2,12,13,14,15);1-5H;/q;-1;. The van der Waals surface area contributed by atoms with E-state index in [-0.39, 0.29) is 34.5 Å². The van der Waals surface area contributed by atoms with Crippen LogP contribution in [0, 0.1) is 6.92 Å². The Bertz CT molecular complexity index is 697. The first-order chi connectivity index (χ1) is 10.1. The molecule has 116 valence electrons. The van der Waals surface area contributed by atoms with E-state index in [1.54, 1.807) is 31.2 Å². The van der Waals surface area contributed by atoms with Crippen molar-refractivity contribution in [1.82, 2.24) is 9.97 Å². The molecule has 1 aromatic heterocycles. The molecule has 1 aliphatic rings. The number of aryl methyl sites for hydroxylation is 1. The summed E-state index contributed by atoms with van der Waals surface area (Å²) in [6, 6.07) is 11.4. The third kappa shape index (κ3) is 5.52. The van der Waals surface area contributed by atoms with Gasteiger partial charge in [-0.05, 0) is 19.1 Å². The van der Waals surface area contributed by atoms with Gasteiger partial charge < -0.3 is 5.11 Å². The van der Waals surface area contributed by atoms with Crippen LogP contribution in [0.25, 0.3) is 0 Å². The minimum Gasteiger partial charge on any atom is -0.494 e. The first-order valence-corrected chi connectivity index (χ1v) is 6.45. The van der Waals surface area contributed by atoms with Crippen LogP contribution in [0.15, 0.2) is 77.0 Å². The zero-order chi connectivity index (χ0) is 15.1. The van der Waals surface area contributed by atoms with Crippen LogP contribution in [0.3, 0.4) is 0 Å². The third-order valence-corrected chi connectivity index (χ3v) is 2.60. The van der Waals surface area contributed by atoms with Gasteiger partial charge >= 0.3 is 0 Å². The monoisotopic (exact) mass is 338 g/mol. The molecule has 0 spiro atoms. The molecule has 0 unspecified atom stereocenters. The van der Waals surface area contributed by atoms with E-state index in [2.05, 4.69) is 15.3 Å². The number of anilines is 1. The Morgan fingerprint density at radius 3 is 2.41 bits per heavy atom. The SMILES string of the molecule is Cc1cc(=O)[nH]c(NC(O)=C2C=CC=C2)n1.[Fe].c1cc[cH-]c1. The maximum absolute atomic E-state index is 11.2. The summed E-state index contributed by atoms with van der Waals surface area (Å²) in [5.41, 5.74) is 0.969. The van der Waals surface area contributed by atoms with Crippen LogP contribution in [-0.4, -0.2) is 15.1 Å². The molecule has 2 aromatic rings. The molecule has 5 nitrogen and oxygen atoms in total. The molecule has 1 aromatic carbocycles. The molecule has 0 radical (unpaired) electrons. The predicted octanol–water partition coefficient (Wildman–Crippen LogP) is 2.79. The number of hydrogen-bond donors (Lipinski definition) is 3. The minimum absolute atomic E-state index is 0. The average molecular weight is 338 g/mol. The molecule has 0 aliphatic heterocycles. The van der Waals surface area contributed by atoms with E-state index in [0.717, 1.165) is 0 Å². The van der Waals surface area contributed by atoms with Crippen molar-refractivity contribution < 1.29 is 22.2 Å². The topological polar surface area (TPSA) is 78.0 Å². The quantitative estimate of drug-likeness (QED) is 0.447. The van der Waals surface area contributed by atoms with Gasteiger partial charge in [-0.3, -0.25) is 15.1 Å².